The lowest BCUT2D eigenvalue weighted by Crippen LogP contribution is -2.52. The molecular formula is C22H20F3N3O3S. The number of halogens is 3. The zero-order valence-corrected chi connectivity index (χ0v) is 17.7. The van der Waals surface area contributed by atoms with Crippen molar-refractivity contribution < 1.29 is 27.9 Å². The van der Waals surface area contributed by atoms with Crippen LogP contribution in [0.3, 0.4) is 0 Å². The van der Waals surface area contributed by atoms with Gasteiger partial charge in [0.1, 0.15) is 6.54 Å². The Labute approximate surface area is 187 Å². The number of likely N-dealkylation sites (tertiary alicyclic amines) is 1. The van der Waals surface area contributed by atoms with Gasteiger partial charge in [0.15, 0.2) is 0 Å². The maximum atomic E-state index is 13.0. The lowest BCUT2D eigenvalue weighted by atomic mass is 9.83. The molecule has 1 atom stereocenters. The number of fused-ring (bicyclic) bond motifs is 1. The molecule has 0 spiro atoms. The Morgan fingerprint density at radius 1 is 1.25 bits per heavy atom. The van der Waals surface area contributed by atoms with Gasteiger partial charge in [-0.1, -0.05) is 30.4 Å². The van der Waals surface area contributed by atoms with Crippen molar-refractivity contribution in [3.63, 3.8) is 0 Å². The van der Waals surface area contributed by atoms with Gasteiger partial charge in [-0.2, -0.15) is 13.2 Å². The summed E-state index contributed by atoms with van der Waals surface area (Å²) in [5.41, 5.74) is -1.58. The highest BCUT2D eigenvalue weighted by atomic mass is 32.1. The molecule has 2 aliphatic heterocycles. The average molecular weight is 463 g/mol. The van der Waals surface area contributed by atoms with E-state index in [1.54, 1.807) is 24.3 Å². The first-order valence-corrected chi connectivity index (χ1v) is 10.5. The van der Waals surface area contributed by atoms with Crippen LogP contribution in [0.4, 0.5) is 13.2 Å². The summed E-state index contributed by atoms with van der Waals surface area (Å²) in [6.45, 7) is 0.00635. The third-order valence-electron chi connectivity index (χ3n) is 5.95. The third-order valence-corrected chi connectivity index (χ3v) is 6.26. The normalized spacial score (nSPS) is 22.6. The fourth-order valence-corrected chi connectivity index (χ4v) is 4.32. The van der Waals surface area contributed by atoms with E-state index in [4.69, 9.17) is 12.2 Å². The number of piperidine rings is 1. The van der Waals surface area contributed by atoms with Gasteiger partial charge < -0.3 is 10.0 Å². The Morgan fingerprint density at radius 3 is 2.66 bits per heavy atom. The number of thiocarbonyl (C=S) groups is 1. The standard InChI is InChI=1S/C22H20F3N3O3S/c23-22(24,25)15-5-3-4-14(12-15)21(31)8-10-27(11-9-21)18(29)13-28-19(30)16-6-1-2-7-17(16)26-20(28)32/h1-7,12,16,31H,8-11,13H2. The summed E-state index contributed by atoms with van der Waals surface area (Å²) in [6, 6.07) is 4.62. The zero-order valence-electron chi connectivity index (χ0n) is 16.9. The minimum atomic E-state index is -4.51. The largest absolute Gasteiger partial charge is 0.416 e. The van der Waals surface area contributed by atoms with Crippen molar-refractivity contribution in [1.29, 1.82) is 0 Å². The summed E-state index contributed by atoms with van der Waals surface area (Å²) in [5.74, 6) is -1.26. The number of hydrogen-bond donors (Lipinski definition) is 1. The molecule has 10 heteroatoms. The van der Waals surface area contributed by atoms with Crippen molar-refractivity contribution >= 4 is 34.9 Å². The van der Waals surface area contributed by atoms with Crippen LogP contribution in [0.1, 0.15) is 24.0 Å². The fourth-order valence-electron chi connectivity index (χ4n) is 4.06. The predicted octanol–water partition coefficient (Wildman–Crippen LogP) is 2.83. The highest BCUT2D eigenvalue weighted by molar-refractivity contribution is 7.80. The van der Waals surface area contributed by atoms with Crippen LogP contribution in [0.25, 0.3) is 0 Å². The Bertz CT molecular complexity index is 1060. The van der Waals surface area contributed by atoms with Gasteiger partial charge in [-0.25, -0.2) is 4.99 Å². The third kappa shape index (κ3) is 4.24. The van der Waals surface area contributed by atoms with Crippen molar-refractivity contribution in [1.82, 2.24) is 9.80 Å². The maximum absolute atomic E-state index is 13.0. The van der Waals surface area contributed by atoms with Crippen LogP contribution in [0, 0.1) is 5.92 Å². The van der Waals surface area contributed by atoms with E-state index in [1.165, 1.54) is 21.9 Å². The smallest absolute Gasteiger partial charge is 0.385 e. The molecule has 4 rings (SSSR count). The van der Waals surface area contributed by atoms with E-state index in [-0.39, 0.29) is 55.0 Å². The van der Waals surface area contributed by atoms with Gasteiger partial charge in [-0.15, -0.1) is 0 Å². The number of aliphatic hydroxyl groups is 1. The molecule has 0 saturated carbocycles. The summed E-state index contributed by atoms with van der Waals surface area (Å²) in [5, 5.41) is 11.0. The van der Waals surface area contributed by atoms with E-state index in [1.807, 2.05) is 0 Å². The summed E-state index contributed by atoms with van der Waals surface area (Å²) in [4.78, 5) is 32.5. The first-order chi connectivity index (χ1) is 15.1. The highest BCUT2D eigenvalue weighted by Gasteiger charge is 2.40. The number of aliphatic imine (C=N–C) groups is 1. The zero-order chi connectivity index (χ0) is 23.1. The minimum absolute atomic E-state index is 0.0204. The van der Waals surface area contributed by atoms with Crippen molar-refractivity contribution in [2.24, 2.45) is 10.9 Å². The van der Waals surface area contributed by atoms with Crippen LogP contribution >= 0.6 is 12.2 Å². The van der Waals surface area contributed by atoms with E-state index in [9.17, 15) is 27.9 Å². The van der Waals surface area contributed by atoms with Gasteiger partial charge in [0.2, 0.25) is 16.9 Å². The summed E-state index contributed by atoms with van der Waals surface area (Å²) >= 11 is 5.19. The Hall–Kier alpha value is -2.85. The first-order valence-electron chi connectivity index (χ1n) is 10.1. The van der Waals surface area contributed by atoms with Crippen LogP contribution in [0.2, 0.25) is 0 Å². The van der Waals surface area contributed by atoms with Crippen LogP contribution in [-0.4, -0.2) is 57.2 Å². The first kappa shape index (κ1) is 22.3. The van der Waals surface area contributed by atoms with E-state index in [0.29, 0.717) is 5.71 Å². The number of rotatable bonds is 3. The number of amides is 2. The molecule has 1 N–H and O–H groups in total. The molecule has 1 unspecified atom stereocenters. The molecule has 168 valence electrons. The second kappa shape index (κ2) is 8.25. The van der Waals surface area contributed by atoms with Crippen molar-refractivity contribution in [2.75, 3.05) is 19.6 Å². The topological polar surface area (TPSA) is 73.2 Å². The van der Waals surface area contributed by atoms with E-state index in [0.717, 1.165) is 12.1 Å². The number of allylic oxidation sites excluding steroid dienone is 3. The fraction of sp³-hybridized carbons (Fsp3) is 0.364. The number of hydrogen-bond acceptors (Lipinski definition) is 4. The second-order valence-corrected chi connectivity index (χ2v) is 8.32. The Kier molecular flexibility index (Phi) is 5.76. The van der Waals surface area contributed by atoms with Gasteiger partial charge in [0.05, 0.1) is 22.8 Å². The minimum Gasteiger partial charge on any atom is -0.385 e. The molecule has 2 heterocycles. The van der Waals surface area contributed by atoms with Gasteiger partial charge in [-0.3, -0.25) is 14.5 Å². The summed E-state index contributed by atoms with van der Waals surface area (Å²) in [7, 11) is 0. The van der Waals surface area contributed by atoms with Crippen LogP contribution in [0.5, 0.6) is 0 Å². The molecule has 32 heavy (non-hydrogen) atoms. The lowest BCUT2D eigenvalue weighted by molar-refractivity contribution is -0.141. The monoisotopic (exact) mass is 463 g/mol. The maximum Gasteiger partial charge on any atom is 0.416 e. The number of nitrogens with zero attached hydrogens (tertiary/aromatic N) is 3. The lowest BCUT2D eigenvalue weighted by Gasteiger charge is -2.39. The van der Waals surface area contributed by atoms with Gasteiger partial charge >= 0.3 is 6.18 Å². The number of benzene rings is 1. The molecule has 0 bridgehead atoms. The van der Waals surface area contributed by atoms with E-state index in [2.05, 4.69) is 4.99 Å². The quantitative estimate of drug-likeness (QED) is 0.700. The Balaban J connectivity index is 1.41. The van der Waals surface area contributed by atoms with Crippen LogP contribution < -0.4 is 0 Å². The average Bonchev–Trinajstić information content (AvgIpc) is 2.76. The van der Waals surface area contributed by atoms with E-state index >= 15 is 0 Å². The van der Waals surface area contributed by atoms with Crippen molar-refractivity contribution in [3.05, 3.63) is 59.7 Å². The van der Waals surface area contributed by atoms with Crippen molar-refractivity contribution in [3.8, 4) is 0 Å². The molecule has 1 aromatic carbocycles. The molecule has 0 radical (unpaired) electrons. The predicted molar refractivity (Wildman–Crippen MR) is 115 cm³/mol. The highest BCUT2D eigenvalue weighted by Crippen LogP contribution is 2.36. The van der Waals surface area contributed by atoms with Gasteiger partial charge in [0.25, 0.3) is 0 Å². The van der Waals surface area contributed by atoms with Gasteiger partial charge in [0, 0.05) is 13.1 Å². The van der Waals surface area contributed by atoms with Crippen molar-refractivity contribution in [2.45, 2.75) is 24.6 Å². The second-order valence-electron chi connectivity index (χ2n) is 7.96. The molecule has 0 aromatic heterocycles. The molecule has 6 nitrogen and oxygen atoms in total. The Morgan fingerprint density at radius 2 is 1.97 bits per heavy atom. The van der Waals surface area contributed by atoms with Crippen LogP contribution in [0.15, 0.2) is 53.6 Å². The number of carbonyl (C=O) groups excluding carboxylic acids is 2. The van der Waals surface area contributed by atoms with Gasteiger partial charge in [-0.05, 0) is 48.8 Å². The number of carbonyl (C=O) groups is 2. The molecule has 1 aliphatic carbocycles. The molecule has 1 aromatic rings. The SMILES string of the molecule is O=C(CN1C(=O)C2C=CC=CC2=NC1=S)N1CCC(O)(c2cccc(C(F)(F)F)c2)CC1. The van der Waals surface area contributed by atoms with E-state index < -0.39 is 23.3 Å². The summed E-state index contributed by atoms with van der Waals surface area (Å²) in [6.07, 6.45) is 2.53. The molecule has 3 aliphatic rings. The molecule has 1 saturated heterocycles. The summed E-state index contributed by atoms with van der Waals surface area (Å²) < 4.78 is 39.1. The molecule has 1 fully saturated rings. The molecular weight excluding hydrogens is 443 g/mol. The van der Waals surface area contributed by atoms with Crippen LogP contribution in [-0.2, 0) is 21.4 Å². The number of alkyl halides is 3. The molecule has 2 amide bonds.